The molecule has 0 aliphatic carbocycles. The van der Waals surface area contributed by atoms with Gasteiger partial charge in [-0.05, 0) is 53.6 Å². The van der Waals surface area contributed by atoms with Crippen LogP contribution in [0.1, 0.15) is 18.1 Å². The predicted molar refractivity (Wildman–Crippen MR) is 98.0 cm³/mol. The second-order valence-electron chi connectivity index (χ2n) is 5.18. The fraction of sp³-hybridized carbons (Fsp3) is 0.111. The molecule has 0 radical (unpaired) electrons. The van der Waals surface area contributed by atoms with Crippen LogP contribution in [0.3, 0.4) is 0 Å². The maximum Gasteiger partial charge on any atom is 0.264 e. The lowest BCUT2D eigenvalue weighted by Gasteiger charge is -1.98. The van der Waals surface area contributed by atoms with Gasteiger partial charge in [0.15, 0.2) is 5.17 Å². The number of hydrogen-bond donors (Lipinski definition) is 1. The summed E-state index contributed by atoms with van der Waals surface area (Å²) in [4.78, 5) is 16.9. The average molecular weight is 361 g/mol. The monoisotopic (exact) mass is 360 g/mol. The molecule has 0 spiro atoms. The summed E-state index contributed by atoms with van der Waals surface area (Å²) in [5.41, 5.74) is 2.68. The molecule has 2 aromatic carbocycles. The number of amidine groups is 1. The highest BCUT2D eigenvalue weighted by Crippen LogP contribution is 2.29. The summed E-state index contributed by atoms with van der Waals surface area (Å²) in [6.07, 6.45) is 2.79. The topological polar surface area (TPSA) is 41.5 Å². The minimum atomic E-state index is -0.500. The van der Waals surface area contributed by atoms with Crippen LogP contribution < -0.4 is 5.32 Å². The van der Waals surface area contributed by atoms with Crippen LogP contribution in [-0.2, 0) is 11.2 Å². The second-order valence-corrected chi connectivity index (χ2v) is 6.61. The average Bonchev–Trinajstić information content (AvgIpc) is 2.91. The molecule has 0 aromatic heterocycles. The molecular formula is C18H14ClFN2OS. The molecule has 1 aliphatic rings. The number of carbonyl (C=O) groups excluding carboxylic acids is 1. The molecule has 122 valence electrons. The molecule has 3 nitrogen and oxygen atoms in total. The predicted octanol–water partition coefficient (Wildman–Crippen LogP) is 4.93. The molecule has 6 heteroatoms. The first-order valence-corrected chi connectivity index (χ1v) is 8.58. The standard InChI is InChI=1S/C18H14ClFN2OS/c1-2-11-3-5-12(6-4-11)9-16-17(23)22-18(24-16)21-13-7-8-15(20)14(19)10-13/h3-10H,2H2,1H3,(H,21,22,23). The SMILES string of the molecule is CCc1ccc(C=C2SC(=Nc3ccc(F)c(Cl)c3)NC2=O)cc1. The molecule has 0 saturated carbocycles. The Labute approximate surface area is 148 Å². The highest BCUT2D eigenvalue weighted by atomic mass is 35.5. The molecule has 1 aliphatic heterocycles. The van der Waals surface area contributed by atoms with Crippen molar-refractivity contribution in [1.29, 1.82) is 0 Å². The zero-order valence-corrected chi connectivity index (χ0v) is 14.4. The van der Waals surface area contributed by atoms with E-state index in [1.807, 2.05) is 30.3 Å². The lowest BCUT2D eigenvalue weighted by Crippen LogP contribution is -2.19. The van der Waals surface area contributed by atoms with Crippen molar-refractivity contribution in [2.75, 3.05) is 0 Å². The van der Waals surface area contributed by atoms with Crippen molar-refractivity contribution in [3.8, 4) is 0 Å². The van der Waals surface area contributed by atoms with Gasteiger partial charge in [0.25, 0.3) is 5.91 Å². The molecule has 2 aromatic rings. The van der Waals surface area contributed by atoms with E-state index in [-0.39, 0.29) is 10.9 Å². The van der Waals surface area contributed by atoms with Crippen LogP contribution in [0.25, 0.3) is 6.08 Å². The van der Waals surface area contributed by atoms with Gasteiger partial charge in [-0.3, -0.25) is 4.79 Å². The quantitative estimate of drug-likeness (QED) is 0.788. The Kier molecular flexibility index (Phi) is 5.02. The summed E-state index contributed by atoms with van der Waals surface area (Å²) in [6.45, 7) is 2.10. The second kappa shape index (κ2) is 7.20. The molecule has 0 bridgehead atoms. The number of nitrogens with zero attached hydrogens (tertiary/aromatic N) is 1. The van der Waals surface area contributed by atoms with Crippen molar-refractivity contribution in [3.05, 3.63) is 69.3 Å². The zero-order valence-electron chi connectivity index (χ0n) is 12.8. The Morgan fingerprint density at radius 3 is 2.67 bits per heavy atom. The van der Waals surface area contributed by atoms with Crippen molar-refractivity contribution >= 4 is 46.2 Å². The molecule has 24 heavy (non-hydrogen) atoms. The van der Waals surface area contributed by atoms with Crippen LogP contribution in [0.4, 0.5) is 10.1 Å². The molecule has 1 heterocycles. The first-order valence-electron chi connectivity index (χ1n) is 7.38. The van der Waals surface area contributed by atoms with Gasteiger partial charge in [0, 0.05) is 0 Å². The fourth-order valence-electron chi connectivity index (χ4n) is 2.15. The van der Waals surface area contributed by atoms with Gasteiger partial charge >= 0.3 is 0 Å². The summed E-state index contributed by atoms with van der Waals surface area (Å²) < 4.78 is 13.2. The van der Waals surface area contributed by atoms with Crippen molar-refractivity contribution in [2.45, 2.75) is 13.3 Å². The van der Waals surface area contributed by atoms with E-state index < -0.39 is 5.82 Å². The maximum atomic E-state index is 13.2. The number of halogens is 2. The van der Waals surface area contributed by atoms with E-state index in [1.165, 1.54) is 35.5 Å². The third-order valence-corrected chi connectivity index (χ3v) is 4.67. The highest BCUT2D eigenvalue weighted by molar-refractivity contribution is 8.18. The molecule has 0 unspecified atom stereocenters. The van der Waals surface area contributed by atoms with Crippen LogP contribution in [-0.4, -0.2) is 11.1 Å². The minimum absolute atomic E-state index is 0.00190. The number of aryl methyl sites for hydroxylation is 1. The fourth-order valence-corrected chi connectivity index (χ4v) is 3.17. The number of thioether (sulfide) groups is 1. The summed E-state index contributed by atoms with van der Waals surface area (Å²) in [5.74, 6) is -0.702. The third kappa shape index (κ3) is 3.86. The maximum absolute atomic E-state index is 13.2. The van der Waals surface area contributed by atoms with Crippen LogP contribution in [0.2, 0.25) is 5.02 Å². The van der Waals surface area contributed by atoms with Crippen LogP contribution >= 0.6 is 23.4 Å². The van der Waals surface area contributed by atoms with Crippen LogP contribution in [0.5, 0.6) is 0 Å². The number of aliphatic imine (C=N–C) groups is 1. The van der Waals surface area contributed by atoms with Gasteiger partial charge in [-0.1, -0.05) is 42.8 Å². The molecule has 1 saturated heterocycles. The van der Waals surface area contributed by atoms with Gasteiger partial charge in [-0.15, -0.1) is 0 Å². The van der Waals surface area contributed by atoms with E-state index in [0.29, 0.717) is 15.8 Å². The van der Waals surface area contributed by atoms with E-state index in [1.54, 1.807) is 0 Å². The van der Waals surface area contributed by atoms with Crippen molar-refractivity contribution in [2.24, 2.45) is 4.99 Å². The van der Waals surface area contributed by atoms with E-state index in [0.717, 1.165) is 12.0 Å². The number of benzene rings is 2. The lowest BCUT2D eigenvalue weighted by atomic mass is 10.1. The molecule has 1 N–H and O–H groups in total. The minimum Gasteiger partial charge on any atom is -0.300 e. The number of rotatable bonds is 3. The lowest BCUT2D eigenvalue weighted by molar-refractivity contribution is -0.115. The van der Waals surface area contributed by atoms with E-state index in [2.05, 4.69) is 17.2 Å². The zero-order chi connectivity index (χ0) is 17.1. The normalized spacial score (nSPS) is 17.5. The Morgan fingerprint density at radius 2 is 2.00 bits per heavy atom. The molecule has 0 atom stereocenters. The van der Waals surface area contributed by atoms with E-state index in [9.17, 15) is 9.18 Å². The molecule has 1 fully saturated rings. The summed E-state index contributed by atoms with van der Waals surface area (Å²) in [6, 6.07) is 12.2. The van der Waals surface area contributed by atoms with Gasteiger partial charge < -0.3 is 5.32 Å². The van der Waals surface area contributed by atoms with Crippen LogP contribution in [0, 0.1) is 5.82 Å². The van der Waals surface area contributed by atoms with Gasteiger partial charge in [-0.2, -0.15) is 0 Å². The molecule has 3 rings (SSSR count). The van der Waals surface area contributed by atoms with Gasteiger partial charge in [0.2, 0.25) is 0 Å². The number of carbonyl (C=O) groups is 1. The van der Waals surface area contributed by atoms with Crippen molar-refractivity contribution < 1.29 is 9.18 Å². The summed E-state index contributed by atoms with van der Waals surface area (Å²) in [7, 11) is 0. The number of nitrogens with one attached hydrogen (secondary N) is 1. The Bertz CT molecular complexity index is 847. The van der Waals surface area contributed by atoms with Crippen LogP contribution in [0.15, 0.2) is 52.4 Å². The summed E-state index contributed by atoms with van der Waals surface area (Å²) >= 11 is 6.98. The Morgan fingerprint density at radius 1 is 1.25 bits per heavy atom. The molecule has 1 amide bonds. The van der Waals surface area contributed by atoms with Crippen molar-refractivity contribution in [1.82, 2.24) is 5.32 Å². The Hall–Kier alpha value is -2.11. The van der Waals surface area contributed by atoms with E-state index in [4.69, 9.17) is 11.6 Å². The third-order valence-electron chi connectivity index (χ3n) is 3.47. The Balaban J connectivity index is 1.80. The van der Waals surface area contributed by atoms with E-state index >= 15 is 0 Å². The highest BCUT2D eigenvalue weighted by Gasteiger charge is 2.23. The number of amides is 1. The molecular weight excluding hydrogens is 347 g/mol. The van der Waals surface area contributed by atoms with Gasteiger partial charge in [0.1, 0.15) is 5.82 Å². The van der Waals surface area contributed by atoms with Crippen molar-refractivity contribution in [3.63, 3.8) is 0 Å². The smallest absolute Gasteiger partial charge is 0.264 e. The van der Waals surface area contributed by atoms with Gasteiger partial charge in [-0.25, -0.2) is 9.38 Å². The summed E-state index contributed by atoms with van der Waals surface area (Å²) in [5, 5.41) is 3.14. The first-order chi connectivity index (χ1) is 11.5. The largest absolute Gasteiger partial charge is 0.300 e. The first kappa shape index (κ1) is 16.7. The number of hydrogen-bond acceptors (Lipinski definition) is 3. The van der Waals surface area contributed by atoms with Gasteiger partial charge in [0.05, 0.1) is 15.6 Å².